The van der Waals surface area contributed by atoms with Crippen LogP contribution in [0.1, 0.15) is 51.6 Å². The first kappa shape index (κ1) is 16.0. The zero-order valence-electron chi connectivity index (χ0n) is 13.4. The number of hydrogen-bond acceptors (Lipinski definition) is 3. The molecule has 1 aliphatic rings. The topological polar surface area (TPSA) is 29.5 Å². The normalized spacial score (nSPS) is 22.5. The molecule has 1 aromatic rings. The van der Waals surface area contributed by atoms with E-state index >= 15 is 0 Å². The van der Waals surface area contributed by atoms with Gasteiger partial charge in [0, 0.05) is 12.1 Å². The van der Waals surface area contributed by atoms with E-state index in [0.29, 0.717) is 12.6 Å². The number of rotatable bonds is 5. The molecule has 1 aliphatic heterocycles. The SMILES string of the molecule is CCOC(=O)[C@H](C)[C@H]1CCCCN1[C@@H](C)c1ccccc1. The molecule has 0 aliphatic carbocycles. The number of likely N-dealkylation sites (tertiary alicyclic amines) is 1. The molecule has 2 rings (SSSR count). The van der Waals surface area contributed by atoms with E-state index in [1.54, 1.807) is 0 Å². The fourth-order valence-corrected chi connectivity index (χ4v) is 3.35. The highest BCUT2D eigenvalue weighted by Gasteiger charge is 2.34. The summed E-state index contributed by atoms with van der Waals surface area (Å²) in [6, 6.07) is 11.2. The Morgan fingerprint density at radius 3 is 2.67 bits per heavy atom. The average molecular weight is 289 g/mol. The summed E-state index contributed by atoms with van der Waals surface area (Å²) >= 11 is 0. The molecule has 1 aromatic carbocycles. The highest BCUT2D eigenvalue weighted by atomic mass is 16.5. The molecule has 1 fully saturated rings. The van der Waals surface area contributed by atoms with Crippen LogP contribution >= 0.6 is 0 Å². The fraction of sp³-hybridized carbons (Fsp3) is 0.611. The number of carbonyl (C=O) groups is 1. The molecule has 3 nitrogen and oxygen atoms in total. The second-order valence-corrected chi connectivity index (χ2v) is 5.93. The van der Waals surface area contributed by atoms with Crippen molar-refractivity contribution in [1.29, 1.82) is 0 Å². The van der Waals surface area contributed by atoms with E-state index in [1.807, 2.05) is 19.9 Å². The molecule has 3 atom stereocenters. The zero-order valence-corrected chi connectivity index (χ0v) is 13.4. The number of benzene rings is 1. The van der Waals surface area contributed by atoms with Crippen molar-refractivity contribution in [2.45, 2.75) is 52.1 Å². The van der Waals surface area contributed by atoms with Gasteiger partial charge < -0.3 is 4.74 Å². The Morgan fingerprint density at radius 2 is 2.00 bits per heavy atom. The van der Waals surface area contributed by atoms with E-state index < -0.39 is 0 Å². The molecule has 0 aromatic heterocycles. The summed E-state index contributed by atoms with van der Waals surface area (Å²) < 4.78 is 5.23. The van der Waals surface area contributed by atoms with E-state index in [2.05, 4.69) is 36.1 Å². The fourth-order valence-electron chi connectivity index (χ4n) is 3.35. The van der Waals surface area contributed by atoms with Crippen molar-refractivity contribution in [3.8, 4) is 0 Å². The average Bonchev–Trinajstić information content (AvgIpc) is 2.54. The Labute approximate surface area is 128 Å². The number of hydrogen-bond donors (Lipinski definition) is 0. The van der Waals surface area contributed by atoms with Crippen LogP contribution in [0, 0.1) is 5.92 Å². The molecule has 1 heterocycles. The van der Waals surface area contributed by atoms with Crippen LogP contribution in [0.5, 0.6) is 0 Å². The minimum absolute atomic E-state index is 0.0589. The maximum absolute atomic E-state index is 12.1. The smallest absolute Gasteiger partial charge is 0.310 e. The lowest BCUT2D eigenvalue weighted by molar-refractivity contribution is -0.150. The summed E-state index contributed by atoms with van der Waals surface area (Å²) in [6.07, 6.45) is 3.49. The van der Waals surface area contributed by atoms with E-state index in [1.165, 1.54) is 18.4 Å². The van der Waals surface area contributed by atoms with Crippen molar-refractivity contribution in [2.24, 2.45) is 5.92 Å². The lowest BCUT2D eigenvalue weighted by Gasteiger charge is -2.42. The Balaban J connectivity index is 2.13. The van der Waals surface area contributed by atoms with E-state index in [-0.39, 0.29) is 17.9 Å². The van der Waals surface area contributed by atoms with Gasteiger partial charge in [-0.2, -0.15) is 0 Å². The van der Waals surface area contributed by atoms with Crippen LogP contribution in [-0.2, 0) is 9.53 Å². The molecular formula is C18H27NO2. The maximum Gasteiger partial charge on any atom is 0.310 e. The largest absolute Gasteiger partial charge is 0.466 e. The number of ether oxygens (including phenoxy) is 1. The molecule has 116 valence electrons. The third-order valence-corrected chi connectivity index (χ3v) is 4.61. The maximum atomic E-state index is 12.1. The number of carbonyl (C=O) groups excluding carboxylic acids is 1. The van der Waals surface area contributed by atoms with Gasteiger partial charge in [-0.05, 0) is 38.8 Å². The summed E-state index contributed by atoms with van der Waals surface area (Å²) in [6.45, 7) is 7.65. The summed E-state index contributed by atoms with van der Waals surface area (Å²) in [7, 11) is 0. The van der Waals surface area contributed by atoms with Crippen molar-refractivity contribution in [3.05, 3.63) is 35.9 Å². The van der Waals surface area contributed by atoms with Crippen molar-refractivity contribution in [2.75, 3.05) is 13.2 Å². The van der Waals surface area contributed by atoms with Gasteiger partial charge in [-0.25, -0.2) is 0 Å². The van der Waals surface area contributed by atoms with Crippen LogP contribution in [0.25, 0.3) is 0 Å². The van der Waals surface area contributed by atoms with Crippen LogP contribution < -0.4 is 0 Å². The highest BCUT2D eigenvalue weighted by Crippen LogP contribution is 2.32. The second-order valence-electron chi connectivity index (χ2n) is 5.93. The molecular weight excluding hydrogens is 262 g/mol. The van der Waals surface area contributed by atoms with E-state index in [4.69, 9.17) is 4.74 Å². The summed E-state index contributed by atoms with van der Waals surface area (Å²) in [5.41, 5.74) is 1.32. The van der Waals surface area contributed by atoms with Crippen LogP contribution in [-0.4, -0.2) is 30.1 Å². The lowest BCUT2D eigenvalue weighted by Crippen LogP contribution is -2.47. The van der Waals surface area contributed by atoms with Gasteiger partial charge in [0.2, 0.25) is 0 Å². The second kappa shape index (κ2) is 7.60. The van der Waals surface area contributed by atoms with Gasteiger partial charge in [-0.15, -0.1) is 0 Å². The third-order valence-electron chi connectivity index (χ3n) is 4.61. The van der Waals surface area contributed by atoms with Gasteiger partial charge in [0.05, 0.1) is 12.5 Å². The first-order valence-corrected chi connectivity index (χ1v) is 8.12. The zero-order chi connectivity index (χ0) is 15.2. The molecule has 3 heteroatoms. The van der Waals surface area contributed by atoms with Gasteiger partial charge in [0.1, 0.15) is 0 Å². The summed E-state index contributed by atoms with van der Waals surface area (Å²) in [4.78, 5) is 14.6. The van der Waals surface area contributed by atoms with Crippen molar-refractivity contribution < 1.29 is 9.53 Å². The number of nitrogens with zero attached hydrogens (tertiary/aromatic N) is 1. The molecule has 21 heavy (non-hydrogen) atoms. The molecule has 0 unspecified atom stereocenters. The monoisotopic (exact) mass is 289 g/mol. The first-order valence-electron chi connectivity index (χ1n) is 8.12. The Bertz CT molecular complexity index is 446. The predicted octanol–water partition coefficient (Wildman–Crippen LogP) is 3.80. The molecule has 0 bridgehead atoms. The van der Waals surface area contributed by atoms with Gasteiger partial charge in [-0.3, -0.25) is 9.69 Å². The Hall–Kier alpha value is -1.35. The summed E-state index contributed by atoms with van der Waals surface area (Å²) in [5, 5.41) is 0. The number of piperidine rings is 1. The van der Waals surface area contributed by atoms with Gasteiger partial charge in [0.25, 0.3) is 0 Å². The third kappa shape index (κ3) is 3.85. The molecule has 0 radical (unpaired) electrons. The van der Waals surface area contributed by atoms with Crippen molar-refractivity contribution >= 4 is 5.97 Å². The van der Waals surface area contributed by atoms with E-state index in [9.17, 15) is 4.79 Å². The number of esters is 1. The lowest BCUT2D eigenvalue weighted by atomic mass is 9.89. The minimum atomic E-state index is -0.0605. The standard InChI is InChI=1S/C18H27NO2/c1-4-21-18(20)14(2)17-12-8-9-13-19(17)15(3)16-10-6-5-7-11-16/h5-7,10-11,14-15,17H,4,8-9,12-13H2,1-3H3/t14-,15+,17-/m1/s1. The molecule has 0 amide bonds. The van der Waals surface area contributed by atoms with Gasteiger partial charge >= 0.3 is 5.97 Å². The Kier molecular flexibility index (Phi) is 5.80. The Morgan fingerprint density at radius 1 is 1.29 bits per heavy atom. The molecule has 0 saturated carbocycles. The van der Waals surface area contributed by atoms with Crippen molar-refractivity contribution in [1.82, 2.24) is 4.90 Å². The first-order chi connectivity index (χ1) is 10.1. The van der Waals surface area contributed by atoms with Crippen molar-refractivity contribution in [3.63, 3.8) is 0 Å². The summed E-state index contributed by atoms with van der Waals surface area (Å²) in [5.74, 6) is -0.119. The van der Waals surface area contributed by atoms with Crippen LogP contribution in [0.2, 0.25) is 0 Å². The van der Waals surface area contributed by atoms with Crippen LogP contribution in [0.4, 0.5) is 0 Å². The molecule has 0 spiro atoms. The van der Waals surface area contributed by atoms with Gasteiger partial charge in [-0.1, -0.05) is 43.7 Å². The molecule has 0 N–H and O–H groups in total. The minimum Gasteiger partial charge on any atom is -0.466 e. The van der Waals surface area contributed by atoms with Gasteiger partial charge in [0.15, 0.2) is 0 Å². The van der Waals surface area contributed by atoms with Crippen LogP contribution in [0.15, 0.2) is 30.3 Å². The van der Waals surface area contributed by atoms with Crippen LogP contribution in [0.3, 0.4) is 0 Å². The van der Waals surface area contributed by atoms with E-state index in [0.717, 1.165) is 13.0 Å². The molecule has 1 saturated heterocycles. The highest BCUT2D eigenvalue weighted by molar-refractivity contribution is 5.72. The predicted molar refractivity (Wildman–Crippen MR) is 85.0 cm³/mol. The quantitative estimate of drug-likeness (QED) is 0.772.